The lowest BCUT2D eigenvalue weighted by molar-refractivity contribution is -0.134. The normalized spacial score (nSPS) is 24.2. The van der Waals surface area contributed by atoms with E-state index in [0.717, 1.165) is 30.5 Å². The van der Waals surface area contributed by atoms with Crippen molar-refractivity contribution in [3.8, 4) is 17.2 Å². The molecule has 1 saturated carbocycles. The third-order valence-electron chi connectivity index (χ3n) is 7.72. The number of nitrogens with one attached hydrogen (secondary N) is 1. The summed E-state index contributed by atoms with van der Waals surface area (Å²) in [4.78, 5) is 29.6. The molecular formula is C28H33N3O4. The van der Waals surface area contributed by atoms with Crippen molar-refractivity contribution in [3.05, 3.63) is 66.1 Å². The first kappa shape index (κ1) is 23.3. The number of hydrogen-bond donors (Lipinski definition) is 1. The Balaban J connectivity index is 1.55. The van der Waals surface area contributed by atoms with Crippen molar-refractivity contribution in [2.24, 2.45) is 5.92 Å². The third kappa shape index (κ3) is 4.13. The van der Waals surface area contributed by atoms with Crippen molar-refractivity contribution < 1.29 is 18.7 Å². The van der Waals surface area contributed by atoms with Crippen LogP contribution < -0.4 is 10.1 Å². The van der Waals surface area contributed by atoms with E-state index in [-0.39, 0.29) is 24.4 Å². The molecule has 0 radical (unpaired) electrons. The van der Waals surface area contributed by atoms with E-state index >= 15 is 0 Å². The molecule has 0 unspecified atom stereocenters. The number of hydrogen-bond acceptors (Lipinski definition) is 4. The summed E-state index contributed by atoms with van der Waals surface area (Å²) in [6, 6.07) is 15.2. The maximum absolute atomic E-state index is 14.0. The third-order valence-corrected chi connectivity index (χ3v) is 7.72. The number of ether oxygens (including phenoxy) is 1. The van der Waals surface area contributed by atoms with Gasteiger partial charge in [-0.1, -0.05) is 38.0 Å². The van der Waals surface area contributed by atoms with E-state index in [4.69, 9.17) is 9.15 Å². The molecule has 2 amide bonds. The fourth-order valence-corrected chi connectivity index (χ4v) is 5.52. The molecule has 7 heteroatoms. The highest BCUT2D eigenvalue weighted by Gasteiger charge is 2.48. The Labute approximate surface area is 206 Å². The Hall–Kier alpha value is -3.48. The average Bonchev–Trinajstić information content (AvgIpc) is 3.53. The number of para-hydroxylation sites is 1. The molecule has 0 saturated heterocycles. The van der Waals surface area contributed by atoms with Crippen molar-refractivity contribution in [2.45, 2.75) is 64.2 Å². The number of aromatic nitrogens is 1. The number of methoxy groups -OCH3 is 1. The Morgan fingerprint density at radius 2 is 1.89 bits per heavy atom. The summed E-state index contributed by atoms with van der Waals surface area (Å²) in [5, 5.41) is 3.32. The maximum atomic E-state index is 14.0. The molecule has 3 atom stereocenters. The first-order valence-electron chi connectivity index (χ1n) is 12.4. The molecule has 2 aromatic heterocycles. The predicted molar refractivity (Wildman–Crippen MR) is 133 cm³/mol. The summed E-state index contributed by atoms with van der Waals surface area (Å²) < 4.78 is 13.1. The van der Waals surface area contributed by atoms with Crippen LogP contribution in [0.2, 0.25) is 0 Å². The second-order valence-corrected chi connectivity index (χ2v) is 9.99. The van der Waals surface area contributed by atoms with Gasteiger partial charge in [0.25, 0.3) is 5.91 Å². The van der Waals surface area contributed by atoms with Gasteiger partial charge in [0.1, 0.15) is 22.7 Å². The fraction of sp³-hybridized carbons (Fsp3) is 0.429. The van der Waals surface area contributed by atoms with Gasteiger partial charge in [-0.25, -0.2) is 0 Å². The smallest absolute Gasteiger partial charge is 0.271 e. The van der Waals surface area contributed by atoms with Gasteiger partial charge >= 0.3 is 0 Å². The first-order chi connectivity index (χ1) is 16.9. The van der Waals surface area contributed by atoms with Crippen LogP contribution in [0.25, 0.3) is 11.5 Å². The minimum absolute atomic E-state index is 0.117. The summed E-state index contributed by atoms with van der Waals surface area (Å²) in [7, 11) is 1.62. The molecule has 5 rings (SSSR count). The average molecular weight is 476 g/mol. The number of rotatable bonds is 6. The minimum Gasteiger partial charge on any atom is -0.496 e. The molecule has 1 aromatic carbocycles. The highest BCUT2D eigenvalue weighted by atomic mass is 16.5. The largest absolute Gasteiger partial charge is 0.496 e. The van der Waals surface area contributed by atoms with Crippen molar-refractivity contribution in [1.82, 2.24) is 14.8 Å². The lowest BCUT2D eigenvalue weighted by atomic mass is 9.85. The van der Waals surface area contributed by atoms with Gasteiger partial charge in [-0.2, -0.15) is 0 Å². The molecular weight excluding hydrogens is 442 g/mol. The monoisotopic (exact) mass is 475 g/mol. The van der Waals surface area contributed by atoms with Gasteiger partial charge in [-0.05, 0) is 56.0 Å². The number of nitrogens with zero attached hydrogens (tertiary/aromatic N) is 2. The molecule has 1 aliphatic heterocycles. The topological polar surface area (TPSA) is 76.7 Å². The quantitative estimate of drug-likeness (QED) is 0.552. The number of carbonyl (C=O) groups excluding carboxylic acids is 2. The first-order valence-corrected chi connectivity index (χ1v) is 12.4. The summed E-state index contributed by atoms with van der Waals surface area (Å²) in [6.45, 7) is 4.68. The van der Waals surface area contributed by atoms with Gasteiger partial charge in [-0.15, -0.1) is 0 Å². The van der Waals surface area contributed by atoms with E-state index < -0.39 is 5.54 Å². The Kier molecular flexibility index (Phi) is 6.17. The van der Waals surface area contributed by atoms with E-state index in [1.807, 2.05) is 60.0 Å². The highest BCUT2D eigenvalue weighted by Crippen LogP contribution is 2.36. The fourth-order valence-electron chi connectivity index (χ4n) is 5.52. The Morgan fingerprint density at radius 3 is 2.63 bits per heavy atom. The number of carbonyl (C=O) groups is 2. The van der Waals surface area contributed by atoms with Crippen molar-refractivity contribution in [3.63, 3.8) is 0 Å². The standard InChI is InChI=1S/C28H33N3O4/c1-19-9-4-6-11-21(19)29-27(33)28(2)18-30-22(25-13-8-16-35-25)14-15-23(30)26(32)31(28)17-20-10-5-7-12-24(20)34-3/h5,7-8,10,12-16,19,21H,4,6,9,11,17-18H2,1-3H3,(H,29,33)/t19-,21+,28-/m1/s1. The molecule has 1 fully saturated rings. The van der Waals surface area contributed by atoms with Crippen LogP contribution in [0.15, 0.2) is 59.2 Å². The second-order valence-electron chi connectivity index (χ2n) is 9.99. The van der Waals surface area contributed by atoms with Crippen LogP contribution in [0.1, 0.15) is 55.6 Å². The molecule has 1 aliphatic carbocycles. The zero-order valence-electron chi connectivity index (χ0n) is 20.6. The van der Waals surface area contributed by atoms with Crippen molar-refractivity contribution >= 4 is 11.8 Å². The van der Waals surface area contributed by atoms with E-state index in [2.05, 4.69) is 12.2 Å². The second kappa shape index (κ2) is 9.29. The summed E-state index contributed by atoms with van der Waals surface area (Å²) in [6.07, 6.45) is 6.00. The number of benzene rings is 1. The number of furan rings is 1. The van der Waals surface area contributed by atoms with Crippen LogP contribution in [-0.4, -0.2) is 40.0 Å². The molecule has 35 heavy (non-hydrogen) atoms. The minimum atomic E-state index is -1.09. The number of fused-ring (bicyclic) bond motifs is 1. The summed E-state index contributed by atoms with van der Waals surface area (Å²) in [5.74, 6) is 1.48. The lowest BCUT2D eigenvalue weighted by Gasteiger charge is -2.45. The van der Waals surface area contributed by atoms with Crippen LogP contribution in [0.4, 0.5) is 0 Å². The van der Waals surface area contributed by atoms with Crippen LogP contribution in [-0.2, 0) is 17.9 Å². The Bertz CT molecular complexity index is 1210. The van der Waals surface area contributed by atoms with Crippen LogP contribution in [0.3, 0.4) is 0 Å². The molecule has 1 N–H and O–H groups in total. The molecule has 0 bridgehead atoms. The molecule has 0 spiro atoms. The van der Waals surface area contributed by atoms with Gasteiger partial charge in [0.05, 0.1) is 32.2 Å². The van der Waals surface area contributed by atoms with Crippen LogP contribution in [0, 0.1) is 5.92 Å². The SMILES string of the molecule is COc1ccccc1CN1C(=O)c2ccc(-c3ccco3)n2C[C@]1(C)C(=O)N[C@H]1CCCC[C@H]1C. The number of amides is 2. The Morgan fingerprint density at radius 1 is 1.11 bits per heavy atom. The van der Waals surface area contributed by atoms with Crippen molar-refractivity contribution in [1.29, 1.82) is 0 Å². The van der Waals surface area contributed by atoms with Gasteiger partial charge < -0.3 is 23.9 Å². The van der Waals surface area contributed by atoms with Gasteiger partial charge in [0.15, 0.2) is 0 Å². The highest BCUT2D eigenvalue weighted by molar-refractivity contribution is 6.00. The lowest BCUT2D eigenvalue weighted by Crippen LogP contribution is -2.65. The van der Waals surface area contributed by atoms with E-state index in [9.17, 15) is 9.59 Å². The molecule has 184 valence electrons. The zero-order valence-corrected chi connectivity index (χ0v) is 20.6. The summed E-state index contributed by atoms with van der Waals surface area (Å²) in [5.41, 5.74) is 1.10. The van der Waals surface area contributed by atoms with Crippen LogP contribution in [0.5, 0.6) is 5.75 Å². The van der Waals surface area contributed by atoms with E-state index in [0.29, 0.717) is 29.7 Å². The van der Waals surface area contributed by atoms with Crippen molar-refractivity contribution in [2.75, 3.05) is 7.11 Å². The molecule has 2 aliphatic rings. The van der Waals surface area contributed by atoms with Gasteiger partial charge in [0, 0.05) is 11.6 Å². The zero-order chi connectivity index (χ0) is 24.6. The summed E-state index contributed by atoms with van der Waals surface area (Å²) >= 11 is 0. The molecule has 7 nitrogen and oxygen atoms in total. The predicted octanol–water partition coefficient (Wildman–Crippen LogP) is 4.87. The molecule has 3 aromatic rings. The van der Waals surface area contributed by atoms with E-state index in [1.54, 1.807) is 18.3 Å². The van der Waals surface area contributed by atoms with E-state index in [1.165, 1.54) is 6.42 Å². The van der Waals surface area contributed by atoms with Gasteiger partial charge in [0.2, 0.25) is 5.91 Å². The molecule has 3 heterocycles. The van der Waals surface area contributed by atoms with Crippen LogP contribution >= 0.6 is 0 Å². The van der Waals surface area contributed by atoms with Gasteiger partial charge in [-0.3, -0.25) is 9.59 Å². The maximum Gasteiger partial charge on any atom is 0.271 e.